The van der Waals surface area contributed by atoms with Crippen molar-refractivity contribution in [2.75, 3.05) is 13.2 Å². The average Bonchev–Trinajstić information content (AvgIpc) is 2.81. The van der Waals surface area contributed by atoms with Crippen LogP contribution in [0.1, 0.15) is 18.7 Å². The zero-order chi connectivity index (χ0) is 13.3. The van der Waals surface area contributed by atoms with Gasteiger partial charge in [-0.15, -0.1) is 22.9 Å². The van der Waals surface area contributed by atoms with Gasteiger partial charge in [0.15, 0.2) is 0 Å². The predicted molar refractivity (Wildman–Crippen MR) is 72.6 cm³/mol. The number of morpholine rings is 1. The number of hydrogen-bond acceptors (Lipinski definition) is 4. The fraction of sp³-hybridized carbons (Fsp3) is 0.636. The topological polar surface area (TPSA) is 46.6 Å². The first kappa shape index (κ1) is 14.3. The van der Waals surface area contributed by atoms with Crippen LogP contribution in [-0.4, -0.2) is 38.0 Å². The van der Waals surface area contributed by atoms with E-state index in [0.29, 0.717) is 23.9 Å². The lowest BCUT2D eigenvalue weighted by Crippen LogP contribution is -2.49. The molecule has 2 rings (SSSR count). The maximum absolute atomic E-state index is 12.5. The minimum absolute atomic E-state index is 0.0675. The smallest absolute Gasteiger partial charge is 0.244 e. The van der Waals surface area contributed by atoms with Crippen molar-refractivity contribution in [3.63, 3.8) is 0 Å². The molecule has 2 unspecified atom stereocenters. The summed E-state index contributed by atoms with van der Waals surface area (Å²) in [5.74, 6) is 0.343. The highest BCUT2D eigenvalue weighted by Gasteiger charge is 2.34. The van der Waals surface area contributed by atoms with Crippen molar-refractivity contribution in [2.45, 2.75) is 36.8 Å². The number of ether oxygens (including phenoxy) is 1. The summed E-state index contributed by atoms with van der Waals surface area (Å²) in [6.45, 7) is 4.58. The van der Waals surface area contributed by atoms with Gasteiger partial charge in [-0.05, 0) is 19.9 Å². The van der Waals surface area contributed by atoms with E-state index in [0.717, 1.165) is 4.88 Å². The first-order valence-electron chi connectivity index (χ1n) is 5.72. The van der Waals surface area contributed by atoms with E-state index in [1.54, 1.807) is 11.4 Å². The zero-order valence-electron chi connectivity index (χ0n) is 10.3. The Labute approximate surface area is 117 Å². The van der Waals surface area contributed by atoms with Crippen LogP contribution in [0.4, 0.5) is 0 Å². The van der Waals surface area contributed by atoms with Crippen LogP contribution >= 0.6 is 22.9 Å². The van der Waals surface area contributed by atoms with E-state index in [1.165, 1.54) is 15.6 Å². The minimum atomic E-state index is -3.43. The van der Waals surface area contributed by atoms with E-state index >= 15 is 0 Å². The Balaban J connectivity index is 2.29. The van der Waals surface area contributed by atoms with Crippen molar-refractivity contribution in [1.29, 1.82) is 0 Å². The first-order valence-corrected chi connectivity index (χ1v) is 8.57. The summed E-state index contributed by atoms with van der Waals surface area (Å²) in [6, 6.07) is 1.52. The van der Waals surface area contributed by atoms with Crippen LogP contribution in [0.3, 0.4) is 0 Å². The zero-order valence-corrected chi connectivity index (χ0v) is 12.7. The number of alkyl halides is 1. The number of thiophene rings is 1. The highest BCUT2D eigenvalue weighted by atomic mass is 35.5. The van der Waals surface area contributed by atoms with Crippen molar-refractivity contribution < 1.29 is 13.2 Å². The average molecular weight is 310 g/mol. The quantitative estimate of drug-likeness (QED) is 0.805. The van der Waals surface area contributed by atoms with Crippen molar-refractivity contribution in [3.8, 4) is 0 Å². The molecule has 1 fully saturated rings. The second kappa shape index (κ2) is 5.46. The van der Waals surface area contributed by atoms with Gasteiger partial charge >= 0.3 is 0 Å². The molecular formula is C11H16ClNO3S2. The highest BCUT2D eigenvalue weighted by Crippen LogP contribution is 2.27. The van der Waals surface area contributed by atoms with Crippen molar-refractivity contribution in [3.05, 3.63) is 16.3 Å². The third kappa shape index (κ3) is 2.72. The second-order valence-electron chi connectivity index (χ2n) is 4.45. The molecule has 2 atom stereocenters. The summed E-state index contributed by atoms with van der Waals surface area (Å²) in [5, 5.41) is 1.65. The molecule has 0 spiro atoms. The van der Waals surface area contributed by atoms with Crippen LogP contribution in [0.25, 0.3) is 0 Å². The third-order valence-electron chi connectivity index (χ3n) is 2.92. The monoisotopic (exact) mass is 309 g/mol. The molecule has 0 aliphatic carbocycles. The molecule has 18 heavy (non-hydrogen) atoms. The summed E-state index contributed by atoms with van der Waals surface area (Å²) in [6.07, 6.45) is -0.0675. The molecule has 102 valence electrons. The summed E-state index contributed by atoms with van der Waals surface area (Å²) in [7, 11) is -3.43. The molecule has 7 heteroatoms. The molecule has 0 aromatic carbocycles. The van der Waals surface area contributed by atoms with Crippen LogP contribution in [0, 0.1) is 0 Å². The van der Waals surface area contributed by atoms with Gasteiger partial charge in [-0.2, -0.15) is 4.31 Å². The Bertz CT molecular complexity index is 514. The van der Waals surface area contributed by atoms with Gasteiger partial charge in [0.25, 0.3) is 0 Å². The molecule has 1 aromatic rings. The molecule has 0 bridgehead atoms. The SMILES string of the molecule is CC1CN(S(=O)(=O)c2csc(CCl)c2)C(C)CO1. The Kier molecular flexibility index (Phi) is 4.33. The standard InChI is InChI=1S/C11H16ClNO3S2/c1-8-6-16-9(2)5-13(8)18(14,15)11-3-10(4-12)17-7-11/h3,7-9H,4-6H2,1-2H3. The normalized spacial score (nSPS) is 26.4. The molecule has 1 aliphatic heterocycles. The van der Waals surface area contributed by atoms with Crippen molar-refractivity contribution in [1.82, 2.24) is 4.31 Å². The van der Waals surface area contributed by atoms with Gasteiger partial charge in [-0.3, -0.25) is 0 Å². The van der Waals surface area contributed by atoms with E-state index < -0.39 is 10.0 Å². The van der Waals surface area contributed by atoms with Crippen LogP contribution in [0.5, 0.6) is 0 Å². The summed E-state index contributed by atoms with van der Waals surface area (Å²) in [4.78, 5) is 1.20. The number of sulfonamides is 1. The number of hydrogen-bond donors (Lipinski definition) is 0. The molecular weight excluding hydrogens is 294 g/mol. The van der Waals surface area contributed by atoms with Crippen molar-refractivity contribution >= 4 is 33.0 Å². The molecule has 0 N–H and O–H groups in total. The maximum atomic E-state index is 12.5. The molecule has 0 saturated carbocycles. The lowest BCUT2D eigenvalue weighted by Gasteiger charge is -2.35. The van der Waals surface area contributed by atoms with Gasteiger partial charge in [0.2, 0.25) is 10.0 Å². The Morgan fingerprint density at radius 1 is 1.56 bits per heavy atom. The van der Waals surface area contributed by atoms with E-state index in [4.69, 9.17) is 16.3 Å². The van der Waals surface area contributed by atoms with E-state index in [1.807, 2.05) is 13.8 Å². The van der Waals surface area contributed by atoms with Gasteiger partial charge in [0, 0.05) is 22.8 Å². The van der Waals surface area contributed by atoms with Crippen LogP contribution in [0.2, 0.25) is 0 Å². The summed E-state index contributed by atoms with van der Waals surface area (Å²) < 4.78 is 32.0. The lowest BCUT2D eigenvalue weighted by molar-refractivity contribution is -0.0170. The molecule has 4 nitrogen and oxygen atoms in total. The second-order valence-corrected chi connectivity index (χ2v) is 7.60. The van der Waals surface area contributed by atoms with E-state index in [-0.39, 0.29) is 12.1 Å². The van der Waals surface area contributed by atoms with Crippen molar-refractivity contribution in [2.24, 2.45) is 0 Å². The van der Waals surface area contributed by atoms with Gasteiger partial charge in [0.1, 0.15) is 0 Å². The predicted octanol–water partition coefficient (Wildman–Crippen LogP) is 2.28. The molecule has 1 saturated heterocycles. The van der Waals surface area contributed by atoms with Crippen LogP contribution < -0.4 is 0 Å². The summed E-state index contributed by atoms with van der Waals surface area (Å²) >= 11 is 7.08. The van der Waals surface area contributed by atoms with Crippen LogP contribution in [-0.2, 0) is 20.6 Å². The number of rotatable bonds is 3. The van der Waals surface area contributed by atoms with E-state index in [9.17, 15) is 8.42 Å². The lowest BCUT2D eigenvalue weighted by atomic mass is 10.2. The fourth-order valence-electron chi connectivity index (χ4n) is 1.91. The fourth-order valence-corrected chi connectivity index (χ4v) is 4.98. The van der Waals surface area contributed by atoms with E-state index in [2.05, 4.69) is 0 Å². The third-order valence-corrected chi connectivity index (χ3v) is 6.41. The van der Waals surface area contributed by atoms with Gasteiger partial charge in [-0.25, -0.2) is 8.42 Å². The van der Waals surface area contributed by atoms with Crippen LogP contribution in [0.15, 0.2) is 16.3 Å². The summed E-state index contributed by atoms with van der Waals surface area (Å²) in [5.41, 5.74) is 0. The Morgan fingerprint density at radius 3 is 2.89 bits per heavy atom. The maximum Gasteiger partial charge on any atom is 0.244 e. The molecule has 1 aromatic heterocycles. The Hall–Kier alpha value is -0.140. The number of halogens is 1. The molecule has 1 aliphatic rings. The molecule has 2 heterocycles. The molecule has 0 amide bonds. The first-order chi connectivity index (χ1) is 8.45. The largest absolute Gasteiger partial charge is 0.375 e. The number of nitrogens with zero attached hydrogens (tertiary/aromatic N) is 1. The minimum Gasteiger partial charge on any atom is -0.375 e. The highest BCUT2D eigenvalue weighted by molar-refractivity contribution is 7.89. The van der Waals surface area contributed by atoms with Gasteiger partial charge in [0.05, 0.1) is 23.5 Å². The van der Waals surface area contributed by atoms with Gasteiger partial charge < -0.3 is 4.74 Å². The van der Waals surface area contributed by atoms with Gasteiger partial charge in [-0.1, -0.05) is 0 Å². The molecule has 0 radical (unpaired) electrons. The Morgan fingerprint density at radius 2 is 2.28 bits per heavy atom.